The van der Waals surface area contributed by atoms with Gasteiger partial charge < -0.3 is 9.80 Å². The Morgan fingerprint density at radius 1 is 1.20 bits per heavy atom. The number of aromatic nitrogens is 1. The molecule has 1 aliphatic heterocycles. The van der Waals surface area contributed by atoms with Crippen LogP contribution >= 0.6 is 0 Å². The lowest BCUT2D eigenvalue weighted by Gasteiger charge is -2.36. The van der Waals surface area contributed by atoms with Crippen LogP contribution in [0.3, 0.4) is 0 Å². The van der Waals surface area contributed by atoms with Gasteiger partial charge in [0, 0.05) is 31.9 Å². The van der Waals surface area contributed by atoms with Gasteiger partial charge in [0.05, 0.1) is 22.5 Å². The van der Waals surface area contributed by atoms with Crippen molar-refractivity contribution >= 4 is 11.6 Å². The smallest absolute Gasteiger partial charge is 0.256 e. The summed E-state index contributed by atoms with van der Waals surface area (Å²) in [5.41, 5.74) is 3.09. The molecule has 0 radical (unpaired) electrons. The van der Waals surface area contributed by atoms with Crippen LogP contribution in [0.5, 0.6) is 0 Å². The maximum atomic E-state index is 13.8. The quantitative estimate of drug-likeness (QED) is 0.845. The minimum absolute atomic E-state index is 0.101. The van der Waals surface area contributed by atoms with Crippen molar-refractivity contribution in [1.29, 1.82) is 5.26 Å². The first kappa shape index (κ1) is 16.9. The molecule has 5 nitrogen and oxygen atoms in total. The molecule has 128 valence electrons. The van der Waals surface area contributed by atoms with Crippen molar-refractivity contribution in [2.24, 2.45) is 0 Å². The van der Waals surface area contributed by atoms with Gasteiger partial charge >= 0.3 is 0 Å². The summed E-state index contributed by atoms with van der Waals surface area (Å²) in [5, 5.41) is 9.42. The molecule has 0 N–H and O–H groups in total. The third-order valence-electron chi connectivity index (χ3n) is 4.43. The molecule has 2 heterocycles. The molecule has 1 fully saturated rings. The van der Waals surface area contributed by atoms with Gasteiger partial charge in [-0.3, -0.25) is 9.78 Å². The number of nitriles is 1. The number of nitrogens with zero attached hydrogens (tertiary/aromatic N) is 4. The normalized spacial score (nSPS) is 14.3. The van der Waals surface area contributed by atoms with E-state index in [2.05, 4.69) is 16.0 Å². The van der Waals surface area contributed by atoms with E-state index < -0.39 is 5.82 Å². The van der Waals surface area contributed by atoms with E-state index in [0.29, 0.717) is 37.4 Å². The molecule has 0 bridgehead atoms. The molecule has 3 rings (SSSR count). The molecule has 0 atom stereocenters. The fraction of sp³-hybridized carbons (Fsp3) is 0.316. The molecule has 2 aromatic rings. The Morgan fingerprint density at radius 3 is 2.52 bits per heavy atom. The van der Waals surface area contributed by atoms with Crippen LogP contribution in [0.4, 0.5) is 10.1 Å². The summed E-state index contributed by atoms with van der Waals surface area (Å²) >= 11 is 0. The van der Waals surface area contributed by atoms with Crippen molar-refractivity contribution in [1.82, 2.24) is 9.88 Å². The standard InChI is InChI=1S/C19H19FN4O/c1-13-11-18(16(12-21)14(2)22-13)23-7-9-24(10-8-23)19(25)15-5-3-4-6-17(15)20/h3-6,11H,7-10H2,1-2H3. The van der Waals surface area contributed by atoms with Gasteiger partial charge in [-0.15, -0.1) is 0 Å². The Hall–Kier alpha value is -2.94. The molecule has 1 aromatic heterocycles. The molecule has 6 heteroatoms. The number of amides is 1. The molecule has 0 aliphatic carbocycles. The maximum absolute atomic E-state index is 13.8. The second-order valence-corrected chi connectivity index (χ2v) is 6.11. The van der Waals surface area contributed by atoms with Gasteiger partial charge in [0.15, 0.2) is 0 Å². The predicted octanol–water partition coefficient (Wildman–Crippen LogP) is 2.67. The van der Waals surface area contributed by atoms with Crippen LogP contribution in [0, 0.1) is 31.0 Å². The minimum Gasteiger partial charge on any atom is -0.367 e. The van der Waals surface area contributed by atoms with Gasteiger partial charge in [0.2, 0.25) is 0 Å². The molecule has 25 heavy (non-hydrogen) atoms. The average molecular weight is 338 g/mol. The van der Waals surface area contributed by atoms with E-state index in [1.165, 1.54) is 12.1 Å². The zero-order chi connectivity index (χ0) is 18.0. The van der Waals surface area contributed by atoms with Crippen LogP contribution in [-0.4, -0.2) is 42.0 Å². The van der Waals surface area contributed by atoms with Crippen molar-refractivity contribution in [3.8, 4) is 6.07 Å². The van der Waals surface area contributed by atoms with Crippen LogP contribution in [0.25, 0.3) is 0 Å². The highest BCUT2D eigenvalue weighted by molar-refractivity contribution is 5.94. The van der Waals surface area contributed by atoms with E-state index in [-0.39, 0.29) is 11.5 Å². The first-order valence-electron chi connectivity index (χ1n) is 8.18. The SMILES string of the molecule is Cc1cc(N2CCN(C(=O)c3ccccc3F)CC2)c(C#N)c(C)n1. The summed E-state index contributed by atoms with van der Waals surface area (Å²) in [4.78, 5) is 20.6. The number of rotatable bonds is 2. The zero-order valence-corrected chi connectivity index (χ0v) is 14.3. The number of halogens is 1. The third-order valence-corrected chi connectivity index (χ3v) is 4.43. The summed E-state index contributed by atoms with van der Waals surface area (Å²) in [6, 6.07) is 10.2. The number of aryl methyl sites for hydroxylation is 2. The van der Waals surface area contributed by atoms with E-state index in [1.807, 2.05) is 19.9 Å². The molecule has 0 unspecified atom stereocenters. The zero-order valence-electron chi connectivity index (χ0n) is 14.3. The highest BCUT2D eigenvalue weighted by atomic mass is 19.1. The monoisotopic (exact) mass is 338 g/mol. The number of hydrogen-bond acceptors (Lipinski definition) is 4. The lowest BCUT2D eigenvalue weighted by molar-refractivity contribution is 0.0742. The number of piperazine rings is 1. The predicted molar refractivity (Wildman–Crippen MR) is 92.9 cm³/mol. The molecule has 0 saturated carbocycles. The molecular weight excluding hydrogens is 319 g/mol. The third kappa shape index (κ3) is 3.31. The van der Waals surface area contributed by atoms with Crippen molar-refractivity contribution in [3.63, 3.8) is 0 Å². The first-order chi connectivity index (χ1) is 12.0. The van der Waals surface area contributed by atoms with Gasteiger partial charge in [0.25, 0.3) is 5.91 Å². The Balaban J connectivity index is 1.76. The van der Waals surface area contributed by atoms with Crippen LogP contribution in [0.2, 0.25) is 0 Å². The summed E-state index contributed by atoms with van der Waals surface area (Å²) in [7, 11) is 0. The van der Waals surface area contributed by atoms with Crippen molar-refractivity contribution < 1.29 is 9.18 Å². The Labute approximate surface area is 146 Å². The molecule has 1 saturated heterocycles. The van der Waals surface area contributed by atoms with Crippen molar-refractivity contribution in [2.45, 2.75) is 13.8 Å². The van der Waals surface area contributed by atoms with E-state index in [1.54, 1.807) is 17.0 Å². The van der Waals surface area contributed by atoms with E-state index >= 15 is 0 Å². The minimum atomic E-state index is -0.498. The van der Waals surface area contributed by atoms with E-state index in [0.717, 1.165) is 11.4 Å². The molecule has 1 amide bonds. The van der Waals surface area contributed by atoms with Gasteiger partial charge in [-0.2, -0.15) is 5.26 Å². The fourth-order valence-corrected chi connectivity index (χ4v) is 3.15. The number of benzene rings is 1. The van der Waals surface area contributed by atoms with E-state index in [4.69, 9.17) is 0 Å². The van der Waals surface area contributed by atoms with Gasteiger partial charge in [-0.05, 0) is 32.0 Å². The summed E-state index contributed by atoms with van der Waals surface area (Å²) in [6.45, 7) is 5.88. The average Bonchev–Trinajstić information content (AvgIpc) is 2.61. The van der Waals surface area contributed by atoms with Gasteiger partial charge in [-0.25, -0.2) is 4.39 Å². The lowest BCUT2D eigenvalue weighted by Crippen LogP contribution is -2.49. The van der Waals surface area contributed by atoms with Gasteiger partial charge in [-0.1, -0.05) is 12.1 Å². The molecule has 1 aromatic carbocycles. The Morgan fingerprint density at radius 2 is 1.88 bits per heavy atom. The maximum Gasteiger partial charge on any atom is 0.256 e. The van der Waals surface area contributed by atoms with Crippen LogP contribution in [-0.2, 0) is 0 Å². The summed E-state index contributed by atoms with van der Waals surface area (Å²) < 4.78 is 13.8. The summed E-state index contributed by atoms with van der Waals surface area (Å²) in [6.07, 6.45) is 0. The number of carbonyl (C=O) groups is 1. The Kier molecular flexibility index (Phi) is 4.66. The van der Waals surface area contributed by atoms with Crippen LogP contribution in [0.1, 0.15) is 27.3 Å². The number of anilines is 1. The second kappa shape index (κ2) is 6.89. The largest absolute Gasteiger partial charge is 0.367 e. The molecule has 0 spiro atoms. The van der Waals surface area contributed by atoms with Crippen molar-refractivity contribution in [2.75, 3.05) is 31.1 Å². The van der Waals surface area contributed by atoms with E-state index in [9.17, 15) is 14.4 Å². The highest BCUT2D eigenvalue weighted by Gasteiger charge is 2.25. The van der Waals surface area contributed by atoms with Crippen LogP contribution in [0.15, 0.2) is 30.3 Å². The number of pyridine rings is 1. The second-order valence-electron chi connectivity index (χ2n) is 6.11. The van der Waals surface area contributed by atoms with Gasteiger partial charge in [0.1, 0.15) is 11.9 Å². The fourth-order valence-electron chi connectivity index (χ4n) is 3.15. The van der Waals surface area contributed by atoms with Crippen LogP contribution < -0.4 is 4.90 Å². The first-order valence-corrected chi connectivity index (χ1v) is 8.18. The van der Waals surface area contributed by atoms with Crippen molar-refractivity contribution in [3.05, 3.63) is 58.7 Å². The topological polar surface area (TPSA) is 60.2 Å². The lowest BCUT2D eigenvalue weighted by atomic mass is 10.1. The summed E-state index contributed by atoms with van der Waals surface area (Å²) in [5.74, 6) is -0.789. The molecule has 1 aliphatic rings. The highest BCUT2D eigenvalue weighted by Crippen LogP contribution is 2.25. The molecular formula is C19H19FN4O. The number of carbonyl (C=O) groups excluding carboxylic acids is 1. The number of hydrogen-bond donors (Lipinski definition) is 0. The Bertz CT molecular complexity index is 851.